The molecule has 0 heterocycles. The number of sulfonamides is 1. The summed E-state index contributed by atoms with van der Waals surface area (Å²) in [5, 5.41) is 2.53. The predicted molar refractivity (Wildman–Crippen MR) is 96.1 cm³/mol. The van der Waals surface area contributed by atoms with Gasteiger partial charge in [0.1, 0.15) is 5.75 Å². The Morgan fingerprint density at radius 1 is 1.14 bits per heavy atom. The third-order valence-electron chi connectivity index (χ3n) is 3.81. The van der Waals surface area contributed by atoms with Gasteiger partial charge in [0.25, 0.3) is 0 Å². The van der Waals surface area contributed by atoms with Gasteiger partial charge < -0.3 is 10.1 Å². The molecule has 10 heteroatoms. The number of benzene rings is 2. The van der Waals surface area contributed by atoms with Gasteiger partial charge in [-0.1, -0.05) is 24.3 Å². The van der Waals surface area contributed by atoms with E-state index < -0.39 is 38.6 Å². The number of ether oxygens (including phenoxy) is 1. The predicted octanol–water partition coefficient (Wildman–Crippen LogP) is 2.70. The molecule has 2 N–H and O–H groups in total. The van der Waals surface area contributed by atoms with Crippen molar-refractivity contribution in [3.8, 4) is 5.75 Å². The number of rotatable bonds is 7. The zero-order chi connectivity index (χ0) is 20.9. The lowest BCUT2D eigenvalue weighted by Crippen LogP contribution is -2.44. The van der Waals surface area contributed by atoms with Crippen molar-refractivity contribution in [2.75, 3.05) is 7.11 Å². The minimum absolute atomic E-state index is 0.0985. The third kappa shape index (κ3) is 5.46. The molecule has 0 aliphatic rings. The Kier molecular flexibility index (Phi) is 6.68. The lowest BCUT2D eigenvalue weighted by atomic mass is 10.2. The monoisotopic (exact) mass is 416 g/mol. The molecule has 0 saturated heterocycles. The molecule has 2 aromatic rings. The summed E-state index contributed by atoms with van der Waals surface area (Å²) >= 11 is 0. The van der Waals surface area contributed by atoms with Gasteiger partial charge in [-0.05, 0) is 36.8 Å². The maximum Gasteiger partial charge on any atom is 0.417 e. The maximum atomic E-state index is 13.1. The quantitative estimate of drug-likeness (QED) is 0.727. The largest absolute Gasteiger partial charge is 0.497 e. The van der Waals surface area contributed by atoms with Crippen LogP contribution in [0.25, 0.3) is 0 Å². The number of nitrogens with one attached hydrogen (secondary N) is 2. The first-order valence-electron chi connectivity index (χ1n) is 8.14. The minimum Gasteiger partial charge on any atom is -0.497 e. The van der Waals surface area contributed by atoms with Gasteiger partial charge in [-0.3, -0.25) is 4.79 Å². The fourth-order valence-corrected chi connectivity index (χ4v) is 3.84. The molecule has 28 heavy (non-hydrogen) atoms. The highest BCUT2D eigenvalue weighted by atomic mass is 32.2. The van der Waals surface area contributed by atoms with Gasteiger partial charge in [0.15, 0.2) is 0 Å². The molecule has 0 aliphatic heterocycles. The summed E-state index contributed by atoms with van der Waals surface area (Å²) in [4.78, 5) is 11.2. The van der Waals surface area contributed by atoms with E-state index in [1.165, 1.54) is 20.1 Å². The average molecular weight is 416 g/mol. The molecular formula is C18H19F3N2O4S. The van der Waals surface area contributed by atoms with Crippen LogP contribution in [0.5, 0.6) is 5.75 Å². The summed E-state index contributed by atoms with van der Waals surface area (Å²) in [6.45, 7) is 1.34. The van der Waals surface area contributed by atoms with Crippen molar-refractivity contribution in [3.05, 3.63) is 59.7 Å². The highest BCUT2D eigenvalue weighted by Gasteiger charge is 2.37. The van der Waals surface area contributed by atoms with E-state index in [0.717, 1.165) is 12.1 Å². The highest BCUT2D eigenvalue weighted by molar-refractivity contribution is 7.89. The number of carbonyl (C=O) groups excluding carboxylic acids is 1. The molecule has 1 amide bonds. The van der Waals surface area contributed by atoms with Crippen molar-refractivity contribution in [1.82, 2.24) is 10.0 Å². The molecule has 1 atom stereocenters. The Bertz CT molecular complexity index is 946. The fourth-order valence-electron chi connectivity index (χ4n) is 2.41. The second-order valence-corrected chi connectivity index (χ2v) is 7.59. The topological polar surface area (TPSA) is 84.5 Å². The Hall–Kier alpha value is -2.59. The molecule has 152 valence electrons. The van der Waals surface area contributed by atoms with Gasteiger partial charge in [0.2, 0.25) is 15.9 Å². The summed E-state index contributed by atoms with van der Waals surface area (Å²) in [6, 6.07) is 9.36. The van der Waals surface area contributed by atoms with E-state index in [4.69, 9.17) is 4.74 Å². The van der Waals surface area contributed by atoms with Gasteiger partial charge in [-0.15, -0.1) is 0 Å². The molecule has 0 aliphatic carbocycles. The van der Waals surface area contributed by atoms with Gasteiger partial charge in [0.05, 0.1) is 23.6 Å². The zero-order valence-electron chi connectivity index (χ0n) is 15.1. The minimum atomic E-state index is -4.84. The number of amides is 1. The van der Waals surface area contributed by atoms with Crippen molar-refractivity contribution in [3.63, 3.8) is 0 Å². The van der Waals surface area contributed by atoms with Crippen LogP contribution in [0.2, 0.25) is 0 Å². The first kappa shape index (κ1) is 21.7. The van der Waals surface area contributed by atoms with E-state index in [1.807, 2.05) is 4.72 Å². The van der Waals surface area contributed by atoms with Crippen LogP contribution in [-0.2, 0) is 27.5 Å². The third-order valence-corrected chi connectivity index (χ3v) is 5.41. The Morgan fingerprint density at radius 2 is 1.82 bits per heavy atom. The summed E-state index contributed by atoms with van der Waals surface area (Å²) in [7, 11) is -3.07. The maximum absolute atomic E-state index is 13.1. The molecule has 0 bridgehead atoms. The molecule has 0 unspecified atom stereocenters. The van der Waals surface area contributed by atoms with Crippen molar-refractivity contribution < 1.29 is 31.1 Å². The molecule has 0 radical (unpaired) electrons. The van der Waals surface area contributed by atoms with Crippen LogP contribution >= 0.6 is 0 Å². The molecule has 0 spiro atoms. The van der Waals surface area contributed by atoms with Crippen molar-refractivity contribution in [2.24, 2.45) is 0 Å². The number of alkyl halides is 3. The van der Waals surface area contributed by atoms with E-state index in [9.17, 15) is 26.4 Å². The molecule has 0 aromatic heterocycles. The van der Waals surface area contributed by atoms with Crippen LogP contribution in [0, 0.1) is 0 Å². The first-order valence-corrected chi connectivity index (χ1v) is 9.62. The van der Waals surface area contributed by atoms with Crippen LogP contribution in [0.1, 0.15) is 18.1 Å². The summed E-state index contributed by atoms with van der Waals surface area (Å²) in [6.07, 6.45) is -4.84. The van der Waals surface area contributed by atoms with Gasteiger partial charge >= 0.3 is 6.18 Å². The van der Waals surface area contributed by atoms with Gasteiger partial charge in [-0.2, -0.15) is 17.9 Å². The normalized spacial score (nSPS) is 13.0. The Morgan fingerprint density at radius 3 is 2.46 bits per heavy atom. The first-order chi connectivity index (χ1) is 13.0. The molecule has 2 aromatic carbocycles. The molecule has 0 fully saturated rings. The zero-order valence-corrected chi connectivity index (χ0v) is 15.9. The van der Waals surface area contributed by atoms with Gasteiger partial charge in [0, 0.05) is 6.54 Å². The number of methoxy groups -OCH3 is 1. The van der Waals surface area contributed by atoms with Crippen LogP contribution in [0.15, 0.2) is 53.4 Å². The van der Waals surface area contributed by atoms with E-state index in [-0.39, 0.29) is 6.54 Å². The van der Waals surface area contributed by atoms with E-state index in [2.05, 4.69) is 5.32 Å². The smallest absolute Gasteiger partial charge is 0.417 e. The fraction of sp³-hybridized carbons (Fsp3) is 0.278. The van der Waals surface area contributed by atoms with Crippen LogP contribution in [-0.4, -0.2) is 27.5 Å². The number of hydrogen-bond acceptors (Lipinski definition) is 4. The number of halogens is 3. The van der Waals surface area contributed by atoms with E-state index in [0.29, 0.717) is 17.4 Å². The van der Waals surface area contributed by atoms with Crippen molar-refractivity contribution in [2.45, 2.75) is 30.6 Å². The molecule has 0 saturated carbocycles. The average Bonchev–Trinajstić information content (AvgIpc) is 2.65. The van der Waals surface area contributed by atoms with Crippen molar-refractivity contribution >= 4 is 15.9 Å². The lowest BCUT2D eigenvalue weighted by Gasteiger charge is -2.17. The van der Waals surface area contributed by atoms with Crippen LogP contribution < -0.4 is 14.8 Å². The van der Waals surface area contributed by atoms with Gasteiger partial charge in [-0.25, -0.2) is 8.42 Å². The summed E-state index contributed by atoms with van der Waals surface area (Å²) in [5.74, 6) is -0.0971. The molecule has 6 nitrogen and oxygen atoms in total. The van der Waals surface area contributed by atoms with E-state index >= 15 is 0 Å². The molecule has 2 rings (SSSR count). The Balaban J connectivity index is 2.09. The Labute approximate surface area is 160 Å². The number of hydrogen-bond donors (Lipinski definition) is 2. The standard InChI is InChI=1S/C18H19F3N2O4S/c1-12(17(24)22-11-13-6-5-7-14(10-13)27-2)23-28(25,26)16-9-4-3-8-15(16)18(19,20)21/h3-10,12,23H,11H2,1-2H3,(H,22,24)/t12-/m0/s1. The summed E-state index contributed by atoms with van der Waals surface area (Å²) < 4.78 is 71.0. The summed E-state index contributed by atoms with van der Waals surface area (Å²) in [5.41, 5.74) is -0.586. The highest BCUT2D eigenvalue weighted by Crippen LogP contribution is 2.33. The van der Waals surface area contributed by atoms with E-state index in [1.54, 1.807) is 24.3 Å². The van der Waals surface area contributed by atoms with Crippen LogP contribution in [0.3, 0.4) is 0 Å². The lowest BCUT2D eigenvalue weighted by molar-refractivity contribution is -0.139. The molecular weight excluding hydrogens is 397 g/mol. The second-order valence-electron chi connectivity index (χ2n) is 5.91. The van der Waals surface area contributed by atoms with Crippen LogP contribution in [0.4, 0.5) is 13.2 Å². The second kappa shape index (κ2) is 8.61. The number of carbonyl (C=O) groups is 1. The van der Waals surface area contributed by atoms with Crippen molar-refractivity contribution in [1.29, 1.82) is 0 Å². The SMILES string of the molecule is COc1cccc(CNC(=O)[C@H](C)NS(=O)(=O)c2ccccc2C(F)(F)F)c1.